The Labute approximate surface area is 145 Å². The zero-order chi connectivity index (χ0) is 17.7. The molecule has 24 heavy (non-hydrogen) atoms. The summed E-state index contributed by atoms with van der Waals surface area (Å²) in [7, 11) is 0. The highest BCUT2D eigenvalue weighted by atomic mass is 32.2. The maximum Gasteiger partial charge on any atom is 0.251 e. The molecule has 2 rings (SSSR count). The van der Waals surface area contributed by atoms with Crippen LogP contribution in [0.15, 0.2) is 39.6 Å². The zero-order valence-corrected chi connectivity index (χ0v) is 14.7. The Hall–Kier alpha value is -2.23. The summed E-state index contributed by atoms with van der Waals surface area (Å²) in [6, 6.07) is 10.9. The molecule has 0 bridgehead atoms. The third kappa shape index (κ3) is 4.40. The van der Waals surface area contributed by atoms with Gasteiger partial charge in [-0.1, -0.05) is 6.07 Å². The second-order valence-electron chi connectivity index (χ2n) is 5.76. The molecule has 5 nitrogen and oxygen atoms in total. The molecule has 0 fully saturated rings. The van der Waals surface area contributed by atoms with E-state index in [9.17, 15) is 9.90 Å². The third-order valence-electron chi connectivity index (χ3n) is 3.61. The van der Waals surface area contributed by atoms with Crippen molar-refractivity contribution < 1.29 is 14.3 Å². The maximum atomic E-state index is 12.3. The van der Waals surface area contributed by atoms with Crippen molar-refractivity contribution >= 4 is 17.7 Å². The van der Waals surface area contributed by atoms with Gasteiger partial charge in [-0.15, -0.1) is 11.8 Å². The number of furan rings is 1. The molecule has 1 aromatic carbocycles. The summed E-state index contributed by atoms with van der Waals surface area (Å²) in [4.78, 5) is 13.2. The van der Waals surface area contributed by atoms with Crippen molar-refractivity contribution in [3.63, 3.8) is 0 Å². The molecule has 1 amide bonds. The first-order chi connectivity index (χ1) is 11.3. The molecule has 0 aliphatic heterocycles. The van der Waals surface area contributed by atoms with Crippen LogP contribution >= 0.6 is 11.8 Å². The first kappa shape index (κ1) is 18.1. The molecule has 0 aliphatic rings. The van der Waals surface area contributed by atoms with Crippen LogP contribution in [0.1, 0.15) is 34.4 Å². The van der Waals surface area contributed by atoms with E-state index in [0.29, 0.717) is 22.6 Å². The van der Waals surface area contributed by atoms with Crippen molar-refractivity contribution in [1.29, 1.82) is 5.26 Å². The van der Waals surface area contributed by atoms with Crippen LogP contribution in [0.25, 0.3) is 0 Å². The number of thioether (sulfide) groups is 1. The summed E-state index contributed by atoms with van der Waals surface area (Å²) in [5, 5.41) is 22.0. The molecule has 0 saturated carbocycles. The van der Waals surface area contributed by atoms with Gasteiger partial charge < -0.3 is 14.8 Å². The predicted octanol–water partition coefficient (Wildman–Crippen LogP) is 3.15. The Balaban J connectivity index is 2.05. The van der Waals surface area contributed by atoms with E-state index in [2.05, 4.69) is 11.4 Å². The molecule has 2 aromatic rings. The van der Waals surface area contributed by atoms with Crippen LogP contribution in [0, 0.1) is 25.2 Å². The number of amides is 1. The highest BCUT2D eigenvalue weighted by Crippen LogP contribution is 2.26. The first-order valence-electron chi connectivity index (χ1n) is 7.51. The molecule has 2 N–H and O–H groups in total. The topological polar surface area (TPSA) is 86.3 Å². The lowest BCUT2D eigenvalue weighted by Crippen LogP contribution is -2.38. The molecule has 1 atom stereocenters. The minimum atomic E-state index is -1.22. The number of nitrogens with zero attached hydrogens (tertiary/aromatic N) is 1. The van der Waals surface area contributed by atoms with Gasteiger partial charge in [0.1, 0.15) is 17.1 Å². The molecule has 0 spiro atoms. The summed E-state index contributed by atoms with van der Waals surface area (Å²) in [5.41, 5.74) is -0.0579. The van der Waals surface area contributed by atoms with E-state index < -0.39 is 5.60 Å². The number of carbonyl (C=O) groups excluding carboxylic acids is 1. The molecule has 0 saturated heterocycles. The van der Waals surface area contributed by atoms with Crippen molar-refractivity contribution in [1.82, 2.24) is 5.32 Å². The Morgan fingerprint density at radius 2 is 2.17 bits per heavy atom. The number of hydrogen-bond donors (Lipinski definition) is 2. The fourth-order valence-electron chi connectivity index (χ4n) is 2.46. The van der Waals surface area contributed by atoms with Crippen molar-refractivity contribution in [3.8, 4) is 6.07 Å². The molecule has 1 aromatic heterocycles. The van der Waals surface area contributed by atoms with Crippen LogP contribution in [0.4, 0.5) is 0 Å². The number of benzene rings is 1. The van der Waals surface area contributed by atoms with Crippen molar-refractivity contribution in [2.45, 2.75) is 31.3 Å². The van der Waals surface area contributed by atoms with Crippen molar-refractivity contribution in [2.75, 3.05) is 12.3 Å². The lowest BCUT2D eigenvalue weighted by atomic mass is 9.96. The SMILES string of the molecule is Cc1cc(C(C)(O)CNC(=O)c2cccc(SCC#N)c2)c(C)o1. The van der Waals surface area contributed by atoms with E-state index in [1.807, 2.05) is 13.0 Å². The second kappa shape index (κ2) is 7.56. The monoisotopic (exact) mass is 344 g/mol. The highest BCUT2D eigenvalue weighted by Gasteiger charge is 2.28. The van der Waals surface area contributed by atoms with Gasteiger partial charge in [-0.3, -0.25) is 4.79 Å². The molecule has 126 valence electrons. The van der Waals surface area contributed by atoms with Gasteiger partial charge >= 0.3 is 0 Å². The summed E-state index contributed by atoms with van der Waals surface area (Å²) < 4.78 is 5.44. The fourth-order valence-corrected chi connectivity index (χ4v) is 3.07. The van der Waals surface area contributed by atoms with Crippen molar-refractivity contribution in [3.05, 3.63) is 53.0 Å². The lowest BCUT2D eigenvalue weighted by Gasteiger charge is -2.23. The summed E-state index contributed by atoms with van der Waals surface area (Å²) in [6.07, 6.45) is 0. The molecule has 6 heteroatoms. The van der Waals surface area contributed by atoms with Gasteiger partial charge in [0, 0.05) is 16.0 Å². The summed E-state index contributed by atoms with van der Waals surface area (Å²) in [5.74, 6) is 1.42. The summed E-state index contributed by atoms with van der Waals surface area (Å²) >= 11 is 1.37. The van der Waals surface area contributed by atoms with Crippen LogP contribution in [0.3, 0.4) is 0 Å². The van der Waals surface area contributed by atoms with Crippen LogP contribution in [-0.2, 0) is 5.60 Å². The quantitative estimate of drug-likeness (QED) is 0.786. The van der Waals surface area contributed by atoms with Crippen LogP contribution in [-0.4, -0.2) is 23.3 Å². The first-order valence-corrected chi connectivity index (χ1v) is 8.50. The van der Waals surface area contributed by atoms with E-state index in [0.717, 1.165) is 10.7 Å². The smallest absolute Gasteiger partial charge is 0.251 e. The fraction of sp³-hybridized carbons (Fsp3) is 0.333. The molecule has 0 aliphatic carbocycles. The van der Waals surface area contributed by atoms with Gasteiger partial charge in [-0.25, -0.2) is 0 Å². The lowest BCUT2D eigenvalue weighted by molar-refractivity contribution is 0.0514. The number of rotatable bonds is 6. The van der Waals surface area contributed by atoms with Gasteiger partial charge in [0.2, 0.25) is 0 Å². The van der Waals surface area contributed by atoms with Gasteiger partial charge in [0.05, 0.1) is 18.4 Å². The second-order valence-corrected chi connectivity index (χ2v) is 6.81. The van der Waals surface area contributed by atoms with Crippen molar-refractivity contribution in [2.24, 2.45) is 0 Å². The molecule has 1 heterocycles. The third-order valence-corrected chi connectivity index (χ3v) is 4.47. The Kier molecular flexibility index (Phi) is 5.71. The van der Waals surface area contributed by atoms with E-state index in [1.54, 1.807) is 38.1 Å². The number of aliphatic hydroxyl groups is 1. The van der Waals surface area contributed by atoms with E-state index in [-0.39, 0.29) is 12.5 Å². The maximum absolute atomic E-state index is 12.3. The number of carbonyl (C=O) groups is 1. The number of nitriles is 1. The molecule has 0 radical (unpaired) electrons. The summed E-state index contributed by atoms with van der Waals surface area (Å²) in [6.45, 7) is 5.31. The largest absolute Gasteiger partial charge is 0.466 e. The Morgan fingerprint density at radius 3 is 2.79 bits per heavy atom. The molecule has 1 unspecified atom stereocenters. The number of hydrogen-bond acceptors (Lipinski definition) is 5. The highest BCUT2D eigenvalue weighted by molar-refractivity contribution is 7.99. The van der Waals surface area contributed by atoms with Crippen LogP contribution in [0.5, 0.6) is 0 Å². The van der Waals surface area contributed by atoms with E-state index in [1.165, 1.54) is 11.8 Å². The van der Waals surface area contributed by atoms with Gasteiger partial charge in [0.25, 0.3) is 5.91 Å². The average molecular weight is 344 g/mol. The Morgan fingerprint density at radius 1 is 1.42 bits per heavy atom. The van der Waals surface area contributed by atoms with E-state index in [4.69, 9.17) is 9.68 Å². The minimum absolute atomic E-state index is 0.0706. The predicted molar refractivity (Wildman–Crippen MR) is 92.9 cm³/mol. The standard InChI is InChI=1S/C18H20N2O3S/c1-12-9-16(13(2)23-12)18(3,22)11-20-17(21)14-5-4-6-15(10-14)24-8-7-19/h4-6,9-10,22H,8,11H2,1-3H3,(H,20,21). The van der Waals surface area contributed by atoms with E-state index >= 15 is 0 Å². The minimum Gasteiger partial charge on any atom is -0.466 e. The Bertz CT molecular complexity index is 775. The van der Waals surface area contributed by atoms with Crippen LogP contribution < -0.4 is 5.32 Å². The normalized spacial score (nSPS) is 13.1. The zero-order valence-electron chi connectivity index (χ0n) is 13.9. The van der Waals surface area contributed by atoms with Gasteiger partial charge in [-0.2, -0.15) is 5.26 Å². The van der Waals surface area contributed by atoms with Gasteiger partial charge in [-0.05, 0) is 45.0 Å². The number of aryl methyl sites for hydroxylation is 2. The van der Waals surface area contributed by atoms with Gasteiger partial charge in [0.15, 0.2) is 0 Å². The molecular formula is C18H20N2O3S. The molecular weight excluding hydrogens is 324 g/mol. The average Bonchev–Trinajstić information content (AvgIpc) is 2.90. The number of nitrogens with one attached hydrogen (secondary N) is 1. The van der Waals surface area contributed by atoms with Crippen LogP contribution in [0.2, 0.25) is 0 Å².